The van der Waals surface area contributed by atoms with Gasteiger partial charge in [-0.05, 0) is 11.5 Å². The minimum atomic E-state index is -1.37. The number of hydrogen-bond acceptors (Lipinski definition) is 7. The zero-order valence-corrected chi connectivity index (χ0v) is 19.2. The molecule has 5 N–H and O–H groups in total. The van der Waals surface area contributed by atoms with Crippen LogP contribution >= 0.6 is 11.3 Å². The second-order valence-electron chi connectivity index (χ2n) is 7.34. The molecule has 1 heterocycles. The first-order chi connectivity index (χ1) is 14.7. The van der Waals surface area contributed by atoms with Crippen molar-refractivity contribution in [1.29, 1.82) is 0 Å². The molecule has 0 fully saturated rings. The van der Waals surface area contributed by atoms with E-state index in [1.54, 1.807) is 13.8 Å². The molecule has 11 heteroatoms. The quantitative estimate of drug-likeness (QED) is 0.332. The van der Waals surface area contributed by atoms with E-state index in [0.29, 0.717) is 11.7 Å². The van der Waals surface area contributed by atoms with Gasteiger partial charge in [-0.25, -0.2) is 9.19 Å². The number of amides is 2. The van der Waals surface area contributed by atoms with Gasteiger partial charge in [0.1, 0.15) is 16.7 Å². The molecule has 0 radical (unpaired) electrons. The summed E-state index contributed by atoms with van der Waals surface area (Å²) in [6, 6.07) is 9.37. The van der Waals surface area contributed by atoms with E-state index in [2.05, 4.69) is 20.3 Å². The molecular formula is C20H28N4O5S2. The van der Waals surface area contributed by atoms with E-state index >= 15 is 0 Å². The van der Waals surface area contributed by atoms with Gasteiger partial charge in [0.2, 0.25) is 5.91 Å². The summed E-state index contributed by atoms with van der Waals surface area (Å²) in [5.74, 6) is -2.02. The van der Waals surface area contributed by atoms with Crippen LogP contribution in [0.3, 0.4) is 0 Å². The second-order valence-corrected chi connectivity index (χ2v) is 9.31. The van der Waals surface area contributed by atoms with Gasteiger partial charge >= 0.3 is 0 Å². The lowest BCUT2D eigenvalue weighted by atomic mass is 9.86. The zero-order valence-electron chi connectivity index (χ0n) is 17.6. The van der Waals surface area contributed by atoms with Crippen molar-refractivity contribution in [1.82, 2.24) is 15.6 Å². The Morgan fingerprint density at radius 2 is 1.84 bits per heavy atom. The first kappa shape index (κ1) is 24.9. The van der Waals surface area contributed by atoms with Gasteiger partial charge in [0, 0.05) is 24.7 Å². The molecule has 4 atom stereocenters. The summed E-state index contributed by atoms with van der Waals surface area (Å²) in [6.45, 7) is 3.62. The molecule has 0 bridgehead atoms. The summed E-state index contributed by atoms with van der Waals surface area (Å²) in [5, 5.41) is 28.1. The van der Waals surface area contributed by atoms with Crippen molar-refractivity contribution < 1.29 is 24.0 Å². The van der Waals surface area contributed by atoms with Gasteiger partial charge in [0.15, 0.2) is 5.13 Å². The molecule has 0 spiro atoms. The third-order valence-corrected chi connectivity index (χ3v) is 5.90. The van der Waals surface area contributed by atoms with Gasteiger partial charge in [-0.3, -0.25) is 14.3 Å². The Morgan fingerprint density at radius 3 is 2.45 bits per heavy atom. The Morgan fingerprint density at radius 1 is 1.16 bits per heavy atom. The van der Waals surface area contributed by atoms with Gasteiger partial charge in [-0.2, -0.15) is 0 Å². The fraction of sp³-hybridized carbons (Fsp3) is 0.450. The molecular weight excluding hydrogens is 440 g/mol. The number of aliphatic hydroxyl groups is 2. The van der Waals surface area contributed by atoms with Crippen LogP contribution < -0.4 is 15.4 Å². The van der Waals surface area contributed by atoms with E-state index < -0.39 is 35.0 Å². The van der Waals surface area contributed by atoms with Gasteiger partial charge in [0.05, 0.1) is 18.1 Å². The SMILES string of the molecule is CC(C)C(C(=O)NCc1ccccc1)C(O)C(O)CNC(=O)c1csc(NS(C)=O)n1. The number of hydrogen-bond donors (Lipinski definition) is 5. The molecule has 4 unspecified atom stereocenters. The number of aliphatic hydroxyl groups excluding tert-OH is 2. The van der Waals surface area contributed by atoms with Crippen LogP contribution in [0.5, 0.6) is 0 Å². The molecule has 0 aliphatic carbocycles. The van der Waals surface area contributed by atoms with Crippen molar-refractivity contribution in [2.75, 3.05) is 17.5 Å². The number of aromatic nitrogens is 1. The Kier molecular flexibility index (Phi) is 9.56. The van der Waals surface area contributed by atoms with Gasteiger partial charge in [-0.15, -0.1) is 11.3 Å². The van der Waals surface area contributed by atoms with Crippen LogP contribution in [0.15, 0.2) is 35.7 Å². The highest BCUT2D eigenvalue weighted by Gasteiger charge is 2.34. The first-order valence-electron chi connectivity index (χ1n) is 9.70. The predicted octanol–water partition coefficient (Wildman–Crippen LogP) is 0.889. The average Bonchev–Trinajstić information content (AvgIpc) is 3.18. The zero-order chi connectivity index (χ0) is 23.0. The van der Waals surface area contributed by atoms with E-state index in [1.165, 1.54) is 11.6 Å². The van der Waals surface area contributed by atoms with E-state index in [0.717, 1.165) is 16.9 Å². The minimum Gasteiger partial charge on any atom is -0.390 e. The van der Waals surface area contributed by atoms with Gasteiger partial charge in [0.25, 0.3) is 5.91 Å². The molecule has 0 saturated carbocycles. The molecule has 1 aromatic carbocycles. The molecule has 170 valence electrons. The average molecular weight is 469 g/mol. The van der Waals surface area contributed by atoms with Crippen LogP contribution in [0.1, 0.15) is 29.9 Å². The second kappa shape index (κ2) is 11.9. The molecule has 9 nitrogen and oxygen atoms in total. The number of nitrogens with zero attached hydrogens (tertiary/aromatic N) is 1. The number of benzene rings is 1. The molecule has 0 saturated heterocycles. The van der Waals surface area contributed by atoms with Crippen molar-refractivity contribution in [2.45, 2.75) is 32.6 Å². The van der Waals surface area contributed by atoms with Crippen LogP contribution in [0, 0.1) is 11.8 Å². The third kappa shape index (κ3) is 7.69. The highest BCUT2D eigenvalue weighted by Crippen LogP contribution is 2.19. The van der Waals surface area contributed by atoms with Crippen molar-refractivity contribution in [2.24, 2.45) is 11.8 Å². The van der Waals surface area contributed by atoms with E-state index in [-0.39, 0.29) is 24.1 Å². The molecule has 2 rings (SSSR count). The lowest BCUT2D eigenvalue weighted by Gasteiger charge is -2.29. The van der Waals surface area contributed by atoms with Crippen molar-refractivity contribution >= 4 is 39.3 Å². The fourth-order valence-electron chi connectivity index (χ4n) is 2.95. The molecule has 2 amide bonds. The highest BCUT2D eigenvalue weighted by atomic mass is 32.2. The van der Waals surface area contributed by atoms with Crippen LogP contribution in [0.4, 0.5) is 5.13 Å². The number of anilines is 1. The van der Waals surface area contributed by atoms with E-state index in [1.807, 2.05) is 30.3 Å². The highest BCUT2D eigenvalue weighted by molar-refractivity contribution is 7.85. The maximum Gasteiger partial charge on any atom is 0.270 e. The van der Waals surface area contributed by atoms with Crippen LogP contribution in [0.2, 0.25) is 0 Å². The van der Waals surface area contributed by atoms with Crippen molar-refractivity contribution in [3.8, 4) is 0 Å². The summed E-state index contributed by atoms with van der Waals surface area (Å²) in [4.78, 5) is 28.9. The standard InChI is InChI=1S/C20H28N4O5S2/c1-12(2)16(19(28)21-9-13-7-5-4-6-8-13)17(26)15(25)10-22-18(27)14-11-30-20(23-14)24-31(3)29/h4-8,11-12,15-17,25-26H,9-10H2,1-3H3,(H,21,28)(H,22,27)(H,23,24). The molecule has 1 aromatic heterocycles. The van der Waals surface area contributed by atoms with E-state index in [4.69, 9.17) is 0 Å². The summed E-state index contributed by atoms with van der Waals surface area (Å²) in [6.07, 6.45) is -1.27. The van der Waals surface area contributed by atoms with E-state index in [9.17, 15) is 24.0 Å². The van der Waals surface area contributed by atoms with Crippen molar-refractivity contribution in [3.05, 3.63) is 47.0 Å². The normalized spacial score (nSPS) is 15.0. The Balaban J connectivity index is 1.91. The van der Waals surface area contributed by atoms with Crippen LogP contribution in [0.25, 0.3) is 0 Å². The lowest BCUT2D eigenvalue weighted by molar-refractivity contribution is -0.134. The summed E-state index contributed by atoms with van der Waals surface area (Å²) in [7, 11) is -1.31. The first-order valence-corrected chi connectivity index (χ1v) is 12.1. The van der Waals surface area contributed by atoms with Gasteiger partial charge < -0.3 is 20.8 Å². The van der Waals surface area contributed by atoms with Gasteiger partial charge in [-0.1, -0.05) is 44.2 Å². The number of carbonyl (C=O) groups excluding carboxylic acids is 2. The Labute approximate surface area is 187 Å². The summed E-state index contributed by atoms with van der Waals surface area (Å²) < 4.78 is 13.7. The molecule has 0 aliphatic heterocycles. The van der Waals surface area contributed by atoms with Crippen LogP contribution in [-0.4, -0.2) is 56.2 Å². The largest absolute Gasteiger partial charge is 0.390 e. The molecule has 0 aliphatic rings. The molecule has 31 heavy (non-hydrogen) atoms. The fourth-order valence-corrected chi connectivity index (χ4v) is 4.32. The number of rotatable bonds is 11. The number of carbonyl (C=O) groups is 2. The lowest BCUT2D eigenvalue weighted by Crippen LogP contribution is -2.49. The Bertz CT molecular complexity index is 891. The summed E-state index contributed by atoms with van der Waals surface area (Å²) in [5.41, 5.74) is 1.02. The number of thiazole rings is 1. The molecule has 2 aromatic rings. The smallest absolute Gasteiger partial charge is 0.270 e. The monoisotopic (exact) mass is 468 g/mol. The third-order valence-electron chi connectivity index (χ3n) is 4.53. The Hall–Kier alpha value is -2.34. The van der Waals surface area contributed by atoms with Crippen LogP contribution in [-0.2, 0) is 22.3 Å². The van der Waals surface area contributed by atoms with Crippen molar-refractivity contribution in [3.63, 3.8) is 0 Å². The topological polar surface area (TPSA) is 141 Å². The maximum atomic E-state index is 12.6. The minimum absolute atomic E-state index is 0.0978. The number of nitrogens with one attached hydrogen (secondary N) is 3. The maximum absolute atomic E-state index is 12.6. The predicted molar refractivity (Wildman–Crippen MR) is 121 cm³/mol. The summed E-state index contributed by atoms with van der Waals surface area (Å²) >= 11 is 1.12.